The Kier molecular flexibility index (Phi) is 5.01. The molecule has 104 valence electrons. The van der Waals surface area contributed by atoms with Crippen LogP contribution < -0.4 is 5.32 Å². The lowest BCUT2D eigenvalue weighted by Crippen LogP contribution is -2.37. The van der Waals surface area contributed by atoms with Crippen molar-refractivity contribution in [2.75, 3.05) is 11.9 Å². The van der Waals surface area contributed by atoms with Crippen molar-refractivity contribution in [1.82, 2.24) is 5.32 Å². The molecule has 1 fully saturated rings. The molecule has 0 spiro atoms. The molecule has 0 atom stereocenters. The van der Waals surface area contributed by atoms with Crippen LogP contribution in [-0.4, -0.2) is 17.8 Å². The summed E-state index contributed by atoms with van der Waals surface area (Å²) in [5.74, 6) is -0.844. The van der Waals surface area contributed by atoms with Crippen LogP contribution in [0.25, 0.3) is 0 Å². The monoisotopic (exact) mass is 391 g/mol. The number of amides is 1. The molecule has 0 aromatic heterocycles. The van der Waals surface area contributed by atoms with E-state index < -0.39 is 5.82 Å². The van der Waals surface area contributed by atoms with E-state index in [1.54, 1.807) is 12.1 Å². The zero-order valence-corrected chi connectivity index (χ0v) is 13.7. The van der Waals surface area contributed by atoms with Crippen LogP contribution >= 0.6 is 31.9 Å². The van der Waals surface area contributed by atoms with Gasteiger partial charge >= 0.3 is 0 Å². The minimum atomic E-state index is -0.494. The smallest absolute Gasteiger partial charge is 0.255 e. The molecular formula is C14H16Br2FNO. The number of hydrogen-bond acceptors (Lipinski definition) is 1. The van der Waals surface area contributed by atoms with E-state index in [1.165, 1.54) is 18.9 Å². The third-order valence-electron chi connectivity index (χ3n) is 3.76. The van der Waals surface area contributed by atoms with Gasteiger partial charge in [0.25, 0.3) is 5.91 Å². The Labute approximate surface area is 129 Å². The second-order valence-electron chi connectivity index (χ2n) is 5.12. The number of carbonyl (C=O) groups excluding carboxylic acids is 1. The summed E-state index contributed by atoms with van der Waals surface area (Å²) in [6, 6.07) is 4.55. The minimum absolute atomic E-state index is 0.0882. The van der Waals surface area contributed by atoms with Gasteiger partial charge in [0, 0.05) is 16.3 Å². The van der Waals surface area contributed by atoms with Crippen LogP contribution in [0.4, 0.5) is 4.39 Å². The standard InChI is InChI=1S/C14H16Br2FNO/c15-8-14(6-1-2-7-14)9-18-13(19)12-10(16)4-3-5-11(12)17/h3-5H,1-2,6-9H2,(H,18,19). The maximum Gasteiger partial charge on any atom is 0.255 e. The summed E-state index contributed by atoms with van der Waals surface area (Å²) >= 11 is 6.76. The lowest BCUT2D eigenvalue weighted by Gasteiger charge is -2.26. The Morgan fingerprint density at radius 2 is 2.05 bits per heavy atom. The molecule has 0 heterocycles. The minimum Gasteiger partial charge on any atom is -0.351 e. The Morgan fingerprint density at radius 3 is 2.63 bits per heavy atom. The van der Waals surface area contributed by atoms with Gasteiger partial charge in [-0.25, -0.2) is 4.39 Å². The van der Waals surface area contributed by atoms with Crippen molar-refractivity contribution in [3.8, 4) is 0 Å². The van der Waals surface area contributed by atoms with Crippen molar-refractivity contribution >= 4 is 37.8 Å². The zero-order chi connectivity index (χ0) is 13.9. The molecule has 1 N–H and O–H groups in total. The molecular weight excluding hydrogens is 377 g/mol. The average molecular weight is 393 g/mol. The molecule has 5 heteroatoms. The molecule has 0 unspecified atom stereocenters. The van der Waals surface area contributed by atoms with Crippen LogP contribution in [0.15, 0.2) is 22.7 Å². The summed E-state index contributed by atoms with van der Waals surface area (Å²) in [4.78, 5) is 12.1. The van der Waals surface area contributed by atoms with Gasteiger partial charge in [0.2, 0.25) is 0 Å². The van der Waals surface area contributed by atoms with E-state index in [2.05, 4.69) is 37.2 Å². The van der Waals surface area contributed by atoms with Crippen molar-refractivity contribution in [3.63, 3.8) is 0 Å². The van der Waals surface area contributed by atoms with Gasteiger partial charge < -0.3 is 5.32 Å². The number of rotatable bonds is 4. The van der Waals surface area contributed by atoms with Crippen LogP contribution in [0.2, 0.25) is 0 Å². The number of hydrogen-bond donors (Lipinski definition) is 1. The van der Waals surface area contributed by atoms with Gasteiger partial charge in [-0.2, -0.15) is 0 Å². The fraction of sp³-hybridized carbons (Fsp3) is 0.500. The predicted octanol–water partition coefficient (Wildman–Crippen LogP) is 4.27. The van der Waals surface area contributed by atoms with Crippen molar-refractivity contribution in [3.05, 3.63) is 34.1 Å². The molecule has 1 amide bonds. The quantitative estimate of drug-likeness (QED) is 0.761. The largest absolute Gasteiger partial charge is 0.351 e. The van der Waals surface area contributed by atoms with E-state index in [9.17, 15) is 9.18 Å². The third kappa shape index (κ3) is 3.37. The van der Waals surface area contributed by atoms with E-state index >= 15 is 0 Å². The number of halogens is 3. The summed E-state index contributed by atoms with van der Waals surface area (Å²) in [6.07, 6.45) is 4.61. The van der Waals surface area contributed by atoms with E-state index in [0.717, 1.165) is 18.2 Å². The first-order valence-electron chi connectivity index (χ1n) is 6.36. The molecule has 2 nitrogen and oxygen atoms in total. The van der Waals surface area contributed by atoms with Gasteiger partial charge in [-0.15, -0.1) is 0 Å². The molecule has 1 aliphatic carbocycles. The van der Waals surface area contributed by atoms with Gasteiger partial charge in [0.15, 0.2) is 0 Å². The molecule has 1 aromatic rings. The van der Waals surface area contributed by atoms with Gasteiger partial charge in [-0.1, -0.05) is 34.8 Å². The Balaban J connectivity index is 2.05. The van der Waals surface area contributed by atoms with Crippen LogP contribution in [0.1, 0.15) is 36.0 Å². The van der Waals surface area contributed by atoms with Crippen molar-refractivity contribution in [1.29, 1.82) is 0 Å². The summed E-state index contributed by atoms with van der Waals surface area (Å²) < 4.78 is 14.2. The Bertz CT molecular complexity index is 452. The van der Waals surface area contributed by atoms with Crippen LogP contribution in [0.5, 0.6) is 0 Å². The first kappa shape index (κ1) is 15.0. The Morgan fingerprint density at radius 1 is 1.37 bits per heavy atom. The highest BCUT2D eigenvalue weighted by Crippen LogP contribution is 2.39. The topological polar surface area (TPSA) is 29.1 Å². The van der Waals surface area contributed by atoms with E-state index in [0.29, 0.717) is 11.0 Å². The van der Waals surface area contributed by atoms with Gasteiger partial charge in [0.1, 0.15) is 5.82 Å². The number of alkyl halides is 1. The highest BCUT2D eigenvalue weighted by Gasteiger charge is 2.33. The first-order valence-corrected chi connectivity index (χ1v) is 8.28. The van der Waals surface area contributed by atoms with E-state index in [-0.39, 0.29) is 16.9 Å². The fourth-order valence-corrected chi connectivity index (χ4v) is 3.83. The third-order valence-corrected chi connectivity index (χ3v) is 5.61. The highest BCUT2D eigenvalue weighted by molar-refractivity contribution is 9.10. The number of carbonyl (C=O) groups is 1. The molecule has 1 aliphatic rings. The average Bonchev–Trinajstić information content (AvgIpc) is 2.86. The molecule has 2 rings (SSSR count). The van der Waals surface area contributed by atoms with Crippen LogP contribution in [-0.2, 0) is 0 Å². The maximum atomic E-state index is 13.7. The summed E-state index contributed by atoms with van der Waals surface area (Å²) in [6.45, 7) is 0.595. The van der Waals surface area contributed by atoms with Crippen LogP contribution in [0, 0.1) is 11.2 Å². The fourth-order valence-electron chi connectivity index (χ4n) is 2.55. The molecule has 1 aromatic carbocycles. The lowest BCUT2D eigenvalue weighted by molar-refractivity contribution is 0.0930. The lowest BCUT2D eigenvalue weighted by atomic mass is 9.89. The Hall–Kier alpha value is -0.420. The maximum absolute atomic E-state index is 13.7. The second kappa shape index (κ2) is 6.35. The normalized spacial score (nSPS) is 17.4. The molecule has 0 aliphatic heterocycles. The summed E-state index contributed by atoms with van der Waals surface area (Å²) in [5, 5.41) is 3.75. The van der Waals surface area contributed by atoms with E-state index in [1.807, 2.05) is 0 Å². The number of nitrogens with one attached hydrogen (secondary N) is 1. The van der Waals surface area contributed by atoms with Gasteiger partial charge in [-0.05, 0) is 46.3 Å². The van der Waals surface area contributed by atoms with Crippen LogP contribution in [0.3, 0.4) is 0 Å². The van der Waals surface area contributed by atoms with Crippen molar-refractivity contribution in [2.24, 2.45) is 5.41 Å². The molecule has 0 saturated heterocycles. The summed E-state index contributed by atoms with van der Waals surface area (Å²) in [5.41, 5.74) is 0.221. The molecule has 0 radical (unpaired) electrons. The molecule has 1 saturated carbocycles. The molecule has 0 bridgehead atoms. The first-order chi connectivity index (χ1) is 9.08. The number of benzene rings is 1. The highest BCUT2D eigenvalue weighted by atomic mass is 79.9. The second-order valence-corrected chi connectivity index (χ2v) is 6.54. The van der Waals surface area contributed by atoms with Gasteiger partial charge in [0.05, 0.1) is 5.56 Å². The van der Waals surface area contributed by atoms with Crippen molar-refractivity contribution in [2.45, 2.75) is 25.7 Å². The molecule has 19 heavy (non-hydrogen) atoms. The summed E-state index contributed by atoms with van der Waals surface area (Å²) in [7, 11) is 0. The van der Waals surface area contributed by atoms with Gasteiger partial charge in [-0.3, -0.25) is 4.79 Å². The SMILES string of the molecule is O=C(NCC1(CBr)CCCC1)c1c(F)cccc1Br. The van der Waals surface area contributed by atoms with Crippen molar-refractivity contribution < 1.29 is 9.18 Å². The predicted molar refractivity (Wildman–Crippen MR) is 81.1 cm³/mol. The zero-order valence-electron chi connectivity index (χ0n) is 10.5. The van der Waals surface area contributed by atoms with E-state index in [4.69, 9.17) is 0 Å².